The van der Waals surface area contributed by atoms with E-state index in [1.165, 1.54) is 12.4 Å². The number of esters is 1. The monoisotopic (exact) mass is 262 g/mol. The molecule has 0 radical (unpaired) electrons. The molecule has 2 rings (SSSR count). The molecule has 0 aliphatic carbocycles. The Bertz CT molecular complexity index is 663. The van der Waals surface area contributed by atoms with Gasteiger partial charge in [0, 0.05) is 6.20 Å². The van der Waals surface area contributed by atoms with Crippen molar-refractivity contribution in [3.05, 3.63) is 34.2 Å². The molecule has 19 heavy (non-hydrogen) atoms. The average Bonchev–Trinajstić information content (AvgIpc) is 2.40. The largest absolute Gasteiger partial charge is 0.492 e. The number of fused-ring (bicyclic) bond motifs is 1. The lowest BCUT2D eigenvalue weighted by Crippen LogP contribution is -2.18. The maximum absolute atomic E-state index is 12.2. The van der Waals surface area contributed by atoms with Gasteiger partial charge < -0.3 is 14.5 Å². The zero-order valence-corrected chi connectivity index (χ0v) is 10.7. The number of hydrogen-bond donors (Lipinski definition) is 1. The number of aromatic nitrogens is 2. The van der Waals surface area contributed by atoms with E-state index in [-0.39, 0.29) is 12.2 Å². The summed E-state index contributed by atoms with van der Waals surface area (Å²) in [4.78, 5) is 30.7. The van der Waals surface area contributed by atoms with Crippen LogP contribution in [-0.4, -0.2) is 29.2 Å². The normalized spacial score (nSPS) is 10.4. The Kier molecular flexibility index (Phi) is 3.79. The highest BCUT2D eigenvalue weighted by Gasteiger charge is 2.14. The summed E-state index contributed by atoms with van der Waals surface area (Å²) in [7, 11) is 0. The number of H-pyrrole nitrogens is 1. The van der Waals surface area contributed by atoms with Crippen LogP contribution in [0.15, 0.2) is 23.3 Å². The van der Waals surface area contributed by atoms with Gasteiger partial charge in [0.1, 0.15) is 17.0 Å². The van der Waals surface area contributed by atoms with Gasteiger partial charge in [-0.3, -0.25) is 4.79 Å². The number of carbonyl (C=O) groups excluding carboxylic acids is 1. The predicted molar refractivity (Wildman–Crippen MR) is 69.5 cm³/mol. The van der Waals surface area contributed by atoms with Crippen LogP contribution in [0.1, 0.15) is 24.2 Å². The molecule has 6 heteroatoms. The second-order valence-electron chi connectivity index (χ2n) is 3.75. The van der Waals surface area contributed by atoms with Crippen molar-refractivity contribution >= 4 is 17.0 Å². The van der Waals surface area contributed by atoms with Crippen LogP contribution in [0, 0.1) is 0 Å². The van der Waals surface area contributed by atoms with Crippen molar-refractivity contribution in [2.75, 3.05) is 13.2 Å². The van der Waals surface area contributed by atoms with Crippen molar-refractivity contribution in [2.45, 2.75) is 13.8 Å². The van der Waals surface area contributed by atoms with E-state index < -0.39 is 11.4 Å². The second kappa shape index (κ2) is 5.51. The van der Waals surface area contributed by atoms with Crippen LogP contribution in [-0.2, 0) is 4.74 Å². The van der Waals surface area contributed by atoms with Gasteiger partial charge in [-0.2, -0.15) is 0 Å². The Morgan fingerprint density at radius 1 is 1.37 bits per heavy atom. The molecular formula is C13H14N2O4. The van der Waals surface area contributed by atoms with Gasteiger partial charge in [-0.05, 0) is 19.9 Å². The maximum Gasteiger partial charge on any atom is 0.343 e. The van der Waals surface area contributed by atoms with Crippen LogP contribution in [0.25, 0.3) is 11.0 Å². The third kappa shape index (κ3) is 2.57. The summed E-state index contributed by atoms with van der Waals surface area (Å²) < 4.78 is 10.1. The number of aromatic amines is 1. The summed E-state index contributed by atoms with van der Waals surface area (Å²) in [5, 5.41) is 0.302. The first-order valence-electron chi connectivity index (χ1n) is 5.98. The van der Waals surface area contributed by atoms with Crippen molar-refractivity contribution < 1.29 is 14.3 Å². The molecule has 0 unspecified atom stereocenters. The summed E-state index contributed by atoms with van der Waals surface area (Å²) in [6.07, 6.45) is 2.84. The van der Waals surface area contributed by atoms with E-state index in [9.17, 15) is 9.59 Å². The van der Waals surface area contributed by atoms with E-state index >= 15 is 0 Å². The summed E-state index contributed by atoms with van der Waals surface area (Å²) >= 11 is 0. The molecule has 2 heterocycles. The Labute approximate surface area is 109 Å². The maximum atomic E-state index is 12.2. The lowest BCUT2D eigenvalue weighted by Gasteiger charge is -2.05. The first-order valence-corrected chi connectivity index (χ1v) is 5.98. The molecule has 0 bridgehead atoms. The zero-order valence-electron chi connectivity index (χ0n) is 10.7. The van der Waals surface area contributed by atoms with Gasteiger partial charge in [-0.1, -0.05) is 0 Å². The smallest absolute Gasteiger partial charge is 0.343 e. The fourth-order valence-corrected chi connectivity index (χ4v) is 1.69. The van der Waals surface area contributed by atoms with Gasteiger partial charge in [-0.15, -0.1) is 0 Å². The van der Waals surface area contributed by atoms with Crippen LogP contribution in [0.3, 0.4) is 0 Å². The second-order valence-corrected chi connectivity index (χ2v) is 3.75. The van der Waals surface area contributed by atoms with Crippen LogP contribution >= 0.6 is 0 Å². The number of rotatable bonds is 4. The molecule has 0 spiro atoms. The first-order chi connectivity index (χ1) is 9.17. The molecule has 0 aliphatic heterocycles. The minimum Gasteiger partial charge on any atom is -0.492 e. The third-order valence-electron chi connectivity index (χ3n) is 2.51. The minimum atomic E-state index is -0.646. The van der Waals surface area contributed by atoms with Crippen LogP contribution in [0.5, 0.6) is 5.75 Å². The van der Waals surface area contributed by atoms with Crippen LogP contribution < -0.4 is 10.2 Å². The Hall–Kier alpha value is -2.37. The average molecular weight is 262 g/mol. The highest BCUT2D eigenvalue weighted by Crippen LogP contribution is 2.14. The van der Waals surface area contributed by atoms with Gasteiger partial charge in [0.15, 0.2) is 0 Å². The van der Waals surface area contributed by atoms with Crippen LogP contribution in [0.4, 0.5) is 0 Å². The van der Waals surface area contributed by atoms with Crippen molar-refractivity contribution in [1.82, 2.24) is 9.97 Å². The molecule has 0 amide bonds. The molecule has 0 aliphatic rings. The molecular weight excluding hydrogens is 248 g/mol. The molecule has 0 atom stereocenters. The van der Waals surface area contributed by atoms with Crippen molar-refractivity contribution in [3.63, 3.8) is 0 Å². The molecule has 1 N–H and O–H groups in total. The van der Waals surface area contributed by atoms with E-state index in [1.54, 1.807) is 13.0 Å². The SMILES string of the molecule is CCOC(=O)c1c[nH]c2ncc(OCC)cc2c1=O. The van der Waals surface area contributed by atoms with Gasteiger partial charge in [-0.25, -0.2) is 9.78 Å². The number of nitrogens with one attached hydrogen (secondary N) is 1. The summed E-state index contributed by atoms with van der Waals surface area (Å²) in [5.41, 5.74) is -0.0486. The Morgan fingerprint density at radius 2 is 2.16 bits per heavy atom. The molecule has 100 valence electrons. The zero-order chi connectivity index (χ0) is 13.8. The lowest BCUT2D eigenvalue weighted by atomic mass is 10.2. The van der Waals surface area contributed by atoms with Gasteiger partial charge >= 0.3 is 5.97 Å². The number of carbonyl (C=O) groups is 1. The van der Waals surface area contributed by atoms with E-state index in [4.69, 9.17) is 9.47 Å². The molecule has 2 aromatic heterocycles. The summed E-state index contributed by atoms with van der Waals surface area (Å²) in [5.74, 6) is -0.158. The van der Waals surface area contributed by atoms with Gasteiger partial charge in [0.25, 0.3) is 0 Å². The van der Waals surface area contributed by atoms with Crippen molar-refractivity contribution in [2.24, 2.45) is 0 Å². The number of pyridine rings is 2. The fraction of sp³-hybridized carbons (Fsp3) is 0.308. The Morgan fingerprint density at radius 3 is 2.84 bits per heavy atom. The van der Waals surface area contributed by atoms with Gasteiger partial charge in [0.05, 0.1) is 24.8 Å². The van der Waals surface area contributed by atoms with E-state index in [2.05, 4.69) is 9.97 Å². The molecule has 0 fully saturated rings. The standard InChI is InChI=1S/C13H14N2O4/c1-3-18-8-5-9-11(16)10(13(17)19-4-2)7-15-12(9)14-6-8/h5-7H,3-4H2,1-2H3,(H,14,15,16). The van der Waals surface area contributed by atoms with E-state index in [0.29, 0.717) is 23.4 Å². The quantitative estimate of drug-likeness (QED) is 0.844. The highest BCUT2D eigenvalue weighted by atomic mass is 16.5. The molecule has 0 saturated carbocycles. The summed E-state index contributed by atoms with van der Waals surface area (Å²) in [6, 6.07) is 1.56. The number of ether oxygens (including phenoxy) is 2. The van der Waals surface area contributed by atoms with Crippen LogP contribution in [0.2, 0.25) is 0 Å². The fourth-order valence-electron chi connectivity index (χ4n) is 1.69. The molecule has 2 aromatic rings. The van der Waals surface area contributed by atoms with Crippen molar-refractivity contribution in [1.29, 1.82) is 0 Å². The van der Waals surface area contributed by atoms with Gasteiger partial charge in [0.2, 0.25) is 5.43 Å². The van der Waals surface area contributed by atoms with E-state index in [0.717, 1.165) is 0 Å². The first kappa shape index (κ1) is 13.1. The minimum absolute atomic E-state index is 0.0372. The summed E-state index contributed by atoms with van der Waals surface area (Å²) in [6.45, 7) is 4.21. The highest BCUT2D eigenvalue weighted by molar-refractivity contribution is 5.92. The predicted octanol–water partition coefficient (Wildman–Crippen LogP) is 1.50. The Balaban J connectivity index is 2.55. The number of hydrogen-bond acceptors (Lipinski definition) is 5. The van der Waals surface area contributed by atoms with E-state index in [1.807, 2.05) is 6.92 Å². The molecule has 6 nitrogen and oxygen atoms in total. The van der Waals surface area contributed by atoms with Crippen molar-refractivity contribution in [3.8, 4) is 5.75 Å². The molecule has 0 saturated heterocycles. The topological polar surface area (TPSA) is 81.3 Å². The third-order valence-corrected chi connectivity index (χ3v) is 2.51. The molecule has 0 aromatic carbocycles. The lowest BCUT2D eigenvalue weighted by molar-refractivity contribution is 0.0524. The number of nitrogens with zero attached hydrogens (tertiary/aromatic N) is 1.